The van der Waals surface area contributed by atoms with Crippen molar-refractivity contribution in [1.82, 2.24) is 5.32 Å². The molecule has 0 saturated carbocycles. The molecular formula is C16H20N2O3. The van der Waals surface area contributed by atoms with Crippen LogP contribution in [-0.4, -0.2) is 36.6 Å². The maximum atomic E-state index is 12.8. The Balaban J connectivity index is 1.88. The number of nitrogens with zero attached hydrogens (tertiary/aromatic N) is 1. The van der Waals surface area contributed by atoms with Crippen molar-refractivity contribution >= 4 is 17.6 Å². The molecule has 1 saturated heterocycles. The van der Waals surface area contributed by atoms with E-state index >= 15 is 0 Å². The van der Waals surface area contributed by atoms with Gasteiger partial charge in [-0.15, -0.1) is 0 Å². The Morgan fingerprint density at radius 3 is 2.67 bits per heavy atom. The molecule has 2 aliphatic rings. The second kappa shape index (κ2) is 5.48. The molecule has 21 heavy (non-hydrogen) atoms. The lowest BCUT2D eigenvalue weighted by Gasteiger charge is -2.38. The Labute approximate surface area is 123 Å². The van der Waals surface area contributed by atoms with Crippen molar-refractivity contribution in [2.24, 2.45) is 17.8 Å². The first-order valence-electron chi connectivity index (χ1n) is 7.40. The number of rotatable bonds is 3. The fourth-order valence-corrected chi connectivity index (χ4v) is 3.08. The molecule has 0 bridgehead atoms. The summed E-state index contributed by atoms with van der Waals surface area (Å²) in [5, 5.41) is 12.5. The van der Waals surface area contributed by atoms with E-state index in [1.165, 1.54) is 0 Å². The van der Waals surface area contributed by atoms with Gasteiger partial charge in [0.2, 0.25) is 5.91 Å². The van der Waals surface area contributed by atoms with E-state index < -0.39 is 11.9 Å². The molecule has 1 aromatic carbocycles. The smallest absolute Gasteiger partial charge is 0.308 e. The molecule has 2 heterocycles. The summed E-state index contributed by atoms with van der Waals surface area (Å²) in [6.45, 7) is 3.95. The Morgan fingerprint density at radius 1 is 1.33 bits per heavy atom. The van der Waals surface area contributed by atoms with Gasteiger partial charge in [-0.2, -0.15) is 0 Å². The second-order valence-corrected chi connectivity index (χ2v) is 6.02. The average Bonchev–Trinajstić information content (AvgIpc) is 2.43. The van der Waals surface area contributed by atoms with Crippen molar-refractivity contribution in [2.75, 3.05) is 24.5 Å². The zero-order chi connectivity index (χ0) is 15.0. The molecule has 112 valence electrons. The van der Waals surface area contributed by atoms with Crippen LogP contribution in [0, 0.1) is 17.8 Å². The van der Waals surface area contributed by atoms with Crippen LogP contribution in [0.5, 0.6) is 0 Å². The number of carbonyl (C=O) groups excluding carboxylic acids is 1. The zero-order valence-electron chi connectivity index (χ0n) is 12.1. The molecule has 1 amide bonds. The molecule has 2 unspecified atom stereocenters. The van der Waals surface area contributed by atoms with Crippen molar-refractivity contribution in [1.29, 1.82) is 0 Å². The van der Waals surface area contributed by atoms with Gasteiger partial charge in [0.05, 0.1) is 5.92 Å². The van der Waals surface area contributed by atoms with Gasteiger partial charge in [0.25, 0.3) is 0 Å². The molecule has 5 nitrogen and oxygen atoms in total. The number of nitrogens with one attached hydrogen (secondary N) is 1. The van der Waals surface area contributed by atoms with E-state index in [0.29, 0.717) is 12.3 Å². The van der Waals surface area contributed by atoms with Gasteiger partial charge in [0, 0.05) is 18.2 Å². The quantitative estimate of drug-likeness (QED) is 0.875. The van der Waals surface area contributed by atoms with Crippen LogP contribution in [0.25, 0.3) is 0 Å². The number of aliphatic carboxylic acids is 1. The van der Waals surface area contributed by atoms with Gasteiger partial charge in [-0.25, -0.2) is 0 Å². The Bertz CT molecular complexity index is 568. The normalized spacial score (nSPS) is 23.1. The Morgan fingerprint density at radius 2 is 2.05 bits per heavy atom. The van der Waals surface area contributed by atoms with Crippen molar-refractivity contribution in [2.45, 2.75) is 13.3 Å². The van der Waals surface area contributed by atoms with E-state index in [2.05, 4.69) is 5.32 Å². The van der Waals surface area contributed by atoms with Crippen LogP contribution in [0.3, 0.4) is 0 Å². The lowest BCUT2D eigenvalue weighted by Crippen LogP contribution is -2.52. The first kappa shape index (κ1) is 14.1. The molecule has 2 atom stereocenters. The highest BCUT2D eigenvalue weighted by molar-refractivity contribution is 5.97. The molecule has 1 fully saturated rings. The van der Waals surface area contributed by atoms with Crippen molar-refractivity contribution < 1.29 is 14.7 Å². The van der Waals surface area contributed by atoms with Gasteiger partial charge < -0.3 is 15.3 Å². The topological polar surface area (TPSA) is 69.6 Å². The van der Waals surface area contributed by atoms with Crippen molar-refractivity contribution in [3.05, 3.63) is 29.8 Å². The van der Waals surface area contributed by atoms with Crippen LogP contribution < -0.4 is 10.2 Å². The minimum absolute atomic E-state index is 0.0416. The average molecular weight is 288 g/mol. The van der Waals surface area contributed by atoms with Gasteiger partial charge in [-0.1, -0.05) is 25.1 Å². The molecule has 2 N–H and O–H groups in total. The third-order valence-electron chi connectivity index (χ3n) is 4.68. The van der Waals surface area contributed by atoms with E-state index in [0.717, 1.165) is 24.3 Å². The molecule has 2 aliphatic heterocycles. The summed E-state index contributed by atoms with van der Waals surface area (Å²) < 4.78 is 0. The highest BCUT2D eigenvalue weighted by Gasteiger charge is 2.37. The molecule has 0 aliphatic carbocycles. The number of benzene rings is 1. The summed E-state index contributed by atoms with van der Waals surface area (Å²) in [6.07, 6.45) is 0.495. The number of hydrogen-bond donors (Lipinski definition) is 2. The van der Waals surface area contributed by atoms with Crippen LogP contribution in [0.15, 0.2) is 24.3 Å². The van der Waals surface area contributed by atoms with Gasteiger partial charge >= 0.3 is 5.97 Å². The summed E-state index contributed by atoms with van der Waals surface area (Å²) in [6, 6.07) is 7.62. The number of anilines is 1. The van der Waals surface area contributed by atoms with Crippen LogP contribution in [0.4, 0.5) is 5.69 Å². The first-order valence-corrected chi connectivity index (χ1v) is 7.40. The summed E-state index contributed by atoms with van der Waals surface area (Å²) in [5.74, 6) is -1.03. The summed E-state index contributed by atoms with van der Waals surface area (Å²) in [7, 11) is 0. The highest BCUT2D eigenvalue weighted by Crippen LogP contribution is 2.32. The SMILES string of the molecule is CC(C(=O)N1CC(C(=O)O)Cc2ccccc21)C1CNC1. The minimum Gasteiger partial charge on any atom is -0.481 e. The third-order valence-corrected chi connectivity index (χ3v) is 4.68. The number of fused-ring (bicyclic) bond motifs is 1. The Hall–Kier alpha value is -1.88. The highest BCUT2D eigenvalue weighted by atomic mass is 16.4. The monoisotopic (exact) mass is 288 g/mol. The van der Waals surface area contributed by atoms with Crippen LogP contribution in [0.2, 0.25) is 0 Å². The largest absolute Gasteiger partial charge is 0.481 e. The predicted molar refractivity (Wildman–Crippen MR) is 79.1 cm³/mol. The van der Waals surface area contributed by atoms with Gasteiger partial charge in [-0.05, 0) is 37.1 Å². The molecule has 0 radical (unpaired) electrons. The summed E-state index contributed by atoms with van der Waals surface area (Å²) >= 11 is 0. The molecule has 0 aromatic heterocycles. The maximum absolute atomic E-state index is 12.8. The van der Waals surface area contributed by atoms with E-state index in [4.69, 9.17) is 0 Å². The number of carboxylic acid groups (broad SMARTS) is 1. The van der Waals surface area contributed by atoms with E-state index in [1.807, 2.05) is 31.2 Å². The number of amides is 1. The van der Waals surface area contributed by atoms with Crippen molar-refractivity contribution in [3.8, 4) is 0 Å². The predicted octanol–water partition coefficient (Wildman–Crippen LogP) is 1.13. The van der Waals surface area contributed by atoms with E-state index in [9.17, 15) is 14.7 Å². The lowest BCUT2D eigenvalue weighted by atomic mass is 9.86. The lowest BCUT2D eigenvalue weighted by molar-refractivity contribution is -0.141. The van der Waals surface area contributed by atoms with Gasteiger partial charge in [0.1, 0.15) is 0 Å². The van der Waals surface area contributed by atoms with E-state index in [1.54, 1.807) is 4.90 Å². The van der Waals surface area contributed by atoms with Gasteiger partial charge in [0.15, 0.2) is 0 Å². The van der Waals surface area contributed by atoms with Crippen LogP contribution in [-0.2, 0) is 16.0 Å². The van der Waals surface area contributed by atoms with Crippen molar-refractivity contribution in [3.63, 3.8) is 0 Å². The minimum atomic E-state index is -0.833. The second-order valence-electron chi connectivity index (χ2n) is 6.02. The van der Waals surface area contributed by atoms with E-state index in [-0.39, 0.29) is 18.4 Å². The summed E-state index contributed by atoms with van der Waals surface area (Å²) in [4.78, 5) is 25.8. The molecule has 0 spiro atoms. The number of carboxylic acids is 1. The van der Waals surface area contributed by atoms with Gasteiger partial charge in [-0.3, -0.25) is 9.59 Å². The van der Waals surface area contributed by atoms with Crippen LogP contribution >= 0.6 is 0 Å². The van der Waals surface area contributed by atoms with Crippen LogP contribution in [0.1, 0.15) is 12.5 Å². The molecule has 5 heteroatoms. The maximum Gasteiger partial charge on any atom is 0.308 e. The fraction of sp³-hybridized carbons (Fsp3) is 0.500. The standard InChI is InChI=1S/C16H20N2O3/c1-10(13-7-17-8-13)15(19)18-9-12(16(20)21)6-11-4-2-3-5-14(11)18/h2-5,10,12-13,17H,6-9H2,1H3,(H,20,21). The number of hydrogen-bond acceptors (Lipinski definition) is 3. The third kappa shape index (κ3) is 2.53. The number of para-hydroxylation sites is 1. The molecule has 1 aromatic rings. The zero-order valence-corrected chi connectivity index (χ0v) is 12.1. The molecule has 3 rings (SSSR count). The number of carbonyl (C=O) groups is 2. The first-order chi connectivity index (χ1) is 10.1. The molecular weight excluding hydrogens is 268 g/mol. The fourth-order valence-electron chi connectivity index (χ4n) is 3.08. The Kier molecular flexibility index (Phi) is 3.68. The summed E-state index contributed by atoms with van der Waals surface area (Å²) in [5.41, 5.74) is 1.82.